The molecule has 0 atom stereocenters. The van der Waals surface area contributed by atoms with Crippen LogP contribution in [0.15, 0.2) is 57.8 Å². The first-order valence-electron chi connectivity index (χ1n) is 7.19. The summed E-state index contributed by atoms with van der Waals surface area (Å²) in [6.45, 7) is 2.00. The van der Waals surface area contributed by atoms with E-state index in [0.717, 1.165) is 16.0 Å². The number of nitrogens with zero attached hydrogens (tertiary/aromatic N) is 2. The van der Waals surface area contributed by atoms with Crippen molar-refractivity contribution in [1.82, 2.24) is 10.2 Å². The van der Waals surface area contributed by atoms with Gasteiger partial charge < -0.3 is 4.42 Å². The first kappa shape index (κ1) is 16.5. The van der Waals surface area contributed by atoms with Crippen LogP contribution in [0.2, 0.25) is 5.02 Å². The minimum Gasteiger partial charge on any atom is -0.403 e. The number of thioether (sulfide) groups is 1. The largest absolute Gasteiger partial charge is 0.403 e. The maximum absolute atomic E-state index is 12.0. The Morgan fingerprint density at radius 1 is 1.12 bits per heavy atom. The first-order chi connectivity index (χ1) is 11.6. The van der Waals surface area contributed by atoms with Crippen molar-refractivity contribution < 1.29 is 9.21 Å². The second kappa shape index (κ2) is 7.51. The summed E-state index contributed by atoms with van der Waals surface area (Å²) in [4.78, 5) is 12.9. The normalized spacial score (nSPS) is 10.6. The van der Waals surface area contributed by atoms with E-state index in [1.807, 2.05) is 43.3 Å². The molecule has 7 heteroatoms. The molecule has 0 saturated heterocycles. The molecule has 1 aromatic heterocycles. The maximum atomic E-state index is 12.0. The van der Waals surface area contributed by atoms with Gasteiger partial charge in [-0.05, 0) is 43.3 Å². The molecule has 0 aliphatic carbocycles. The van der Waals surface area contributed by atoms with Crippen LogP contribution in [0.1, 0.15) is 5.56 Å². The number of nitrogens with one attached hydrogen (secondary N) is 1. The number of amides is 1. The molecule has 122 valence electrons. The number of carbonyl (C=O) groups excluding carboxylic acids is 1. The fourth-order valence-corrected chi connectivity index (χ4v) is 2.75. The van der Waals surface area contributed by atoms with Gasteiger partial charge in [0.25, 0.3) is 0 Å². The molecule has 5 nitrogen and oxygen atoms in total. The Kier molecular flexibility index (Phi) is 5.17. The molecule has 0 radical (unpaired) electrons. The van der Waals surface area contributed by atoms with Crippen molar-refractivity contribution in [1.29, 1.82) is 0 Å². The van der Waals surface area contributed by atoms with Crippen LogP contribution in [-0.2, 0) is 4.79 Å². The molecular weight excluding hydrogens is 346 g/mol. The molecule has 1 heterocycles. The van der Waals surface area contributed by atoms with E-state index >= 15 is 0 Å². The van der Waals surface area contributed by atoms with Gasteiger partial charge in [0.2, 0.25) is 11.8 Å². The van der Waals surface area contributed by atoms with Crippen molar-refractivity contribution in [3.05, 3.63) is 59.1 Å². The van der Waals surface area contributed by atoms with Crippen LogP contribution in [0.3, 0.4) is 0 Å². The summed E-state index contributed by atoms with van der Waals surface area (Å²) in [5, 5.41) is 11.1. The Balaban J connectivity index is 1.57. The molecular formula is C17H14ClN3O2S. The third-order valence-electron chi connectivity index (χ3n) is 3.15. The zero-order chi connectivity index (χ0) is 16.9. The molecule has 0 fully saturated rings. The first-order valence-corrected chi connectivity index (χ1v) is 8.55. The Bertz CT molecular complexity index is 832. The monoisotopic (exact) mass is 359 g/mol. The summed E-state index contributed by atoms with van der Waals surface area (Å²) < 4.78 is 5.47. The van der Waals surface area contributed by atoms with Crippen molar-refractivity contribution in [3.63, 3.8) is 0 Å². The lowest BCUT2D eigenvalue weighted by atomic mass is 10.1. The van der Waals surface area contributed by atoms with Gasteiger partial charge in [-0.3, -0.25) is 10.1 Å². The highest BCUT2D eigenvalue weighted by Gasteiger charge is 2.11. The van der Waals surface area contributed by atoms with Gasteiger partial charge in [-0.15, -0.1) is 16.9 Å². The minimum absolute atomic E-state index is 0.0901. The fourth-order valence-electron chi connectivity index (χ4n) is 1.92. The molecule has 1 N–H and O–H groups in total. The third kappa shape index (κ3) is 4.37. The van der Waals surface area contributed by atoms with E-state index < -0.39 is 0 Å². The fraction of sp³-hybridized carbons (Fsp3) is 0.118. The van der Waals surface area contributed by atoms with Gasteiger partial charge in [-0.25, -0.2) is 0 Å². The summed E-state index contributed by atoms with van der Waals surface area (Å²) in [5.41, 5.74) is 1.95. The van der Waals surface area contributed by atoms with Gasteiger partial charge in [0.1, 0.15) is 0 Å². The molecule has 3 rings (SSSR count). The topological polar surface area (TPSA) is 68.0 Å². The number of hydrogen-bond acceptors (Lipinski definition) is 5. The van der Waals surface area contributed by atoms with Crippen LogP contribution in [0, 0.1) is 6.92 Å². The molecule has 1 amide bonds. The number of hydrogen-bond donors (Lipinski definition) is 1. The number of carbonyl (C=O) groups is 1. The number of benzene rings is 2. The Morgan fingerprint density at radius 2 is 1.83 bits per heavy atom. The number of aromatic nitrogens is 2. The van der Waals surface area contributed by atoms with Crippen molar-refractivity contribution in [2.75, 3.05) is 11.1 Å². The van der Waals surface area contributed by atoms with Gasteiger partial charge in [0.05, 0.1) is 5.75 Å². The number of aryl methyl sites for hydroxylation is 1. The molecule has 0 aliphatic heterocycles. The van der Waals surface area contributed by atoms with E-state index in [1.165, 1.54) is 11.8 Å². The van der Waals surface area contributed by atoms with Crippen LogP contribution in [0.25, 0.3) is 11.5 Å². The zero-order valence-electron chi connectivity index (χ0n) is 12.8. The quantitative estimate of drug-likeness (QED) is 0.682. The number of rotatable bonds is 5. The summed E-state index contributed by atoms with van der Waals surface area (Å²) in [6, 6.07) is 15.1. The molecule has 0 aliphatic rings. The average molecular weight is 360 g/mol. The zero-order valence-corrected chi connectivity index (χ0v) is 14.4. The minimum atomic E-state index is -0.214. The van der Waals surface area contributed by atoms with Crippen LogP contribution in [0.4, 0.5) is 6.01 Å². The predicted octanol–water partition coefficient (Wildman–Crippen LogP) is 4.43. The average Bonchev–Trinajstić information content (AvgIpc) is 3.03. The van der Waals surface area contributed by atoms with Gasteiger partial charge in [0.15, 0.2) is 0 Å². The Morgan fingerprint density at radius 3 is 2.54 bits per heavy atom. The van der Waals surface area contributed by atoms with Gasteiger partial charge in [-0.1, -0.05) is 34.4 Å². The highest BCUT2D eigenvalue weighted by Crippen LogP contribution is 2.22. The van der Waals surface area contributed by atoms with Crippen LogP contribution in [-0.4, -0.2) is 21.9 Å². The highest BCUT2D eigenvalue weighted by molar-refractivity contribution is 8.00. The molecule has 3 aromatic rings. The lowest BCUT2D eigenvalue weighted by molar-refractivity contribution is -0.113. The van der Waals surface area contributed by atoms with E-state index in [-0.39, 0.29) is 17.7 Å². The van der Waals surface area contributed by atoms with Gasteiger partial charge >= 0.3 is 6.01 Å². The third-order valence-corrected chi connectivity index (χ3v) is 4.42. The Labute approximate surface area is 148 Å². The molecule has 0 bridgehead atoms. The molecule has 2 aromatic carbocycles. The van der Waals surface area contributed by atoms with Crippen LogP contribution in [0.5, 0.6) is 0 Å². The SMILES string of the molecule is Cc1ccc(-c2nnc(NC(=O)CSc3ccc(Cl)cc3)o2)cc1. The van der Waals surface area contributed by atoms with Crippen molar-refractivity contribution in [3.8, 4) is 11.5 Å². The molecule has 0 unspecified atom stereocenters. The van der Waals surface area contributed by atoms with E-state index in [2.05, 4.69) is 15.5 Å². The summed E-state index contributed by atoms with van der Waals surface area (Å²) in [7, 11) is 0. The predicted molar refractivity (Wildman–Crippen MR) is 95.3 cm³/mol. The van der Waals surface area contributed by atoms with Crippen LogP contribution < -0.4 is 5.32 Å². The smallest absolute Gasteiger partial charge is 0.322 e. The van der Waals surface area contributed by atoms with Crippen molar-refractivity contribution >= 4 is 35.3 Å². The summed E-state index contributed by atoms with van der Waals surface area (Å²) >= 11 is 7.23. The second-order valence-corrected chi connectivity index (χ2v) is 6.55. The van der Waals surface area contributed by atoms with E-state index in [0.29, 0.717) is 10.9 Å². The van der Waals surface area contributed by atoms with Gasteiger partial charge in [0, 0.05) is 15.5 Å². The lowest BCUT2D eigenvalue weighted by Crippen LogP contribution is -2.14. The van der Waals surface area contributed by atoms with E-state index in [9.17, 15) is 4.79 Å². The molecule has 0 spiro atoms. The number of anilines is 1. The molecule has 24 heavy (non-hydrogen) atoms. The summed E-state index contributed by atoms with van der Waals surface area (Å²) in [5.74, 6) is 0.397. The maximum Gasteiger partial charge on any atom is 0.322 e. The lowest BCUT2D eigenvalue weighted by Gasteiger charge is -2.01. The standard InChI is InChI=1S/C17H14ClN3O2S/c1-11-2-4-12(5-3-11)16-20-21-17(23-16)19-15(22)10-24-14-8-6-13(18)7-9-14/h2-9H,10H2,1H3,(H,19,21,22). The molecule has 0 saturated carbocycles. The van der Waals surface area contributed by atoms with E-state index in [4.69, 9.17) is 16.0 Å². The van der Waals surface area contributed by atoms with Crippen molar-refractivity contribution in [2.45, 2.75) is 11.8 Å². The summed E-state index contributed by atoms with van der Waals surface area (Å²) in [6.07, 6.45) is 0. The van der Waals surface area contributed by atoms with E-state index in [1.54, 1.807) is 12.1 Å². The Hall–Kier alpha value is -2.31. The highest BCUT2D eigenvalue weighted by atomic mass is 35.5. The van der Waals surface area contributed by atoms with Gasteiger partial charge in [-0.2, -0.15) is 0 Å². The van der Waals surface area contributed by atoms with Crippen molar-refractivity contribution in [2.24, 2.45) is 0 Å². The van der Waals surface area contributed by atoms with Crippen LogP contribution >= 0.6 is 23.4 Å². The second-order valence-electron chi connectivity index (χ2n) is 5.07. The number of halogens is 1.